The van der Waals surface area contributed by atoms with E-state index in [0.29, 0.717) is 32.2 Å². The molecule has 19 heavy (non-hydrogen) atoms. The summed E-state index contributed by atoms with van der Waals surface area (Å²) in [5, 5.41) is 0. The second-order valence-corrected chi connectivity index (χ2v) is 6.08. The van der Waals surface area contributed by atoms with Crippen molar-refractivity contribution in [1.29, 1.82) is 0 Å². The van der Waals surface area contributed by atoms with E-state index in [-0.39, 0.29) is 6.16 Å². The number of hydrogen-bond donors (Lipinski definition) is 0. The van der Waals surface area contributed by atoms with Crippen molar-refractivity contribution in [2.24, 2.45) is 0 Å². The van der Waals surface area contributed by atoms with Crippen LogP contribution in [0.4, 0.5) is 0 Å². The number of furan rings is 1. The Morgan fingerprint density at radius 2 is 1.74 bits per heavy atom. The van der Waals surface area contributed by atoms with E-state index in [1.54, 1.807) is 19.9 Å². The quantitative estimate of drug-likeness (QED) is 0.482. The van der Waals surface area contributed by atoms with Crippen LogP contribution in [0.15, 0.2) is 16.5 Å². The second-order valence-electron chi connectivity index (χ2n) is 4.03. The van der Waals surface area contributed by atoms with Gasteiger partial charge in [0.1, 0.15) is 24.3 Å². The highest BCUT2D eigenvalue weighted by Gasteiger charge is 2.25. The lowest BCUT2D eigenvalue weighted by molar-refractivity contribution is 0.106. The molecule has 0 radical (unpaired) electrons. The minimum Gasteiger partial charge on any atom is -0.463 e. The molecule has 0 atom stereocenters. The van der Waals surface area contributed by atoms with Gasteiger partial charge in [0.05, 0.1) is 13.2 Å². The van der Waals surface area contributed by atoms with E-state index in [4.69, 9.17) is 18.2 Å². The molecule has 0 spiro atoms. The van der Waals surface area contributed by atoms with Gasteiger partial charge in [0.15, 0.2) is 0 Å². The van der Waals surface area contributed by atoms with Gasteiger partial charge in [0, 0.05) is 6.61 Å². The summed E-state index contributed by atoms with van der Waals surface area (Å²) in [4.78, 5) is 0. The van der Waals surface area contributed by atoms with Crippen LogP contribution in [0.5, 0.6) is 0 Å². The fourth-order valence-electron chi connectivity index (χ4n) is 1.61. The van der Waals surface area contributed by atoms with Crippen LogP contribution in [0.3, 0.4) is 0 Å². The molecule has 0 saturated heterocycles. The average molecular weight is 290 g/mol. The first-order valence-corrected chi connectivity index (χ1v) is 8.39. The summed E-state index contributed by atoms with van der Waals surface area (Å²) in [6.45, 7) is 7.46. The van der Waals surface area contributed by atoms with Crippen molar-refractivity contribution in [3.05, 3.63) is 23.7 Å². The van der Waals surface area contributed by atoms with Crippen LogP contribution >= 0.6 is 7.60 Å². The maximum atomic E-state index is 12.3. The highest BCUT2D eigenvalue weighted by atomic mass is 31.2. The van der Waals surface area contributed by atoms with Crippen molar-refractivity contribution in [3.8, 4) is 0 Å². The van der Waals surface area contributed by atoms with Gasteiger partial charge in [-0.25, -0.2) is 0 Å². The van der Waals surface area contributed by atoms with Gasteiger partial charge in [-0.3, -0.25) is 4.57 Å². The first kappa shape index (κ1) is 16.4. The fraction of sp³-hybridized carbons (Fsp3) is 0.692. The molecule has 1 aromatic heterocycles. The molecule has 0 fully saturated rings. The number of hydrogen-bond acceptors (Lipinski definition) is 5. The Labute approximate surface area is 114 Å². The Bertz CT molecular complexity index is 391. The zero-order valence-electron chi connectivity index (χ0n) is 11.9. The number of ether oxygens (including phenoxy) is 1. The normalized spacial score (nSPS) is 11.9. The Hall–Kier alpha value is -0.610. The van der Waals surface area contributed by atoms with Crippen LogP contribution in [-0.2, 0) is 31.1 Å². The van der Waals surface area contributed by atoms with Gasteiger partial charge < -0.3 is 18.2 Å². The Balaban J connectivity index is 2.57. The van der Waals surface area contributed by atoms with Crippen LogP contribution < -0.4 is 0 Å². The smallest absolute Gasteiger partial charge is 0.338 e. The zero-order chi connectivity index (χ0) is 14.1. The molecule has 1 aromatic rings. The summed E-state index contributed by atoms with van der Waals surface area (Å²) in [5.41, 5.74) is 0. The van der Waals surface area contributed by atoms with Crippen molar-refractivity contribution in [3.63, 3.8) is 0 Å². The van der Waals surface area contributed by atoms with Crippen molar-refractivity contribution >= 4 is 7.60 Å². The van der Waals surface area contributed by atoms with Gasteiger partial charge in [0.25, 0.3) is 0 Å². The first-order valence-electron chi connectivity index (χ1n) is 6.67. The summed E-state index contributed by atoms with van der Waals surface area (Å²) in [6.07, 6.45) is 1.12. The van der Waals surface area contributed by atoms with Crippen molar-refractivity contribution < 1.29 is 22.8 Å². The monoisotopic (exact) mass is 290 g/mol. The van der Waals surface area contributed by atoms with Crippen LogP contribution in [-0.4, -0.2) is 19.8 Å². The van der Waals surface area contributed by atoms with Gasteiger partial charge in [-0.1, -0.05) is 6.92 Å². The van der Waals surface area contributed by atoms with E-state index < -0.39 is 7.60 Å². The van der Waals surface area contributed by atoms with Crippen LogP contribution in [0.2, 0.25) is 0 Å². The predicted octanol–water partition coefficient (Wildman–Crippen LogP) is 3.97. The summed E-state index contributed by atoms with van der Waals surface area (Å²) in [5.74, 6) is 1.32. The molecular weight excluding hydrogens is 267 g/mol. The van der Waals surface area contributed by atoms with E-state index in [1.807, 2.05) is 13.0 Å². The Morgan fingerprint density at radius 3 is 2.32 bits per heavy atom. The molecule has 0 aliphatic heterocycles. The second kappa shape index (κ2) is 8.54. The van der Waals surface area contributed by atoms with E-state index in [2.05, 4.69) is 0 Å². The third kappa shape index (κ3) is 5.91. The maximum absolute atomic E-state index is 12.3. The predicted molar refractivity (Wildman–Crippen MR) is 73.2 cm³/mol. The molecule has 0 bridgehead atoms. The van der Waals surface area contributed by atoms with Gasteiger partial charge >= 0.3 is 7.60 Å². The third-order valence-electron chi connectivity index (χ3n) is 2.31. The molecule has 0 N–H and O–H groups in total. The summed E-state index contributed by atoms with van der Waals surface area (Å²) in [7, 11) is -3.09. The summed E-state index contributed by atoms with van der Waals surface area (Å²) >= 11 is 0. The molecule has 0 aromatic carbocycles. The molecule has 0 amide bonds. The van der Waals surface area contributed by atoms with Crippen molar-refractivity contribution in [2.45, 2.75) is 40.0 Å². The minimum absolute atomic E-state index is 0.155. The van der Waals surface area contributed by atoms with E-state index in [0.717, 1.165) is 12.2 Å². The largest absolute Gasteiger partial charge is 0.463 e. The molecule has 0 aliphatic rings. The molecule has 1 rings (SSSR count). The highest BCUT2D eigenvalue weighted by molar-refractivity contribution is 7.53. The highest BCUT2D eigenvalue weighted by Crippen LogP contribution is 2.51. The van der Waals surface area contributed by atoms with Gasteiger partial charge in [0.2, 0.25) is 0 Å². The lowest BCUT2D eigenvalue weighted by Crippen LogP contribution is -1.98. The van der Waals surface area contributed by atoms with E-state index in [9.17, 15) is 4.57 Å². The first-order chi connectivity index (χ1) is 9.13. The SMILES string of the molecule is CCCOCc1ccc(CP(=O)(OCC)OCC)o1. The van der Waals surface area contributed by atoms with Crippen LogP contribution in [0, 0.1) is 0 Å². The van der Waals surface area contributed by atoms with Crippen molar-refractivity contribution in [2.75, 3.05) is 19.8 Å². The molecule has 1 heterocycles. The van der Waals surface area contributed by atoms with E-state index in [1.165, 1.54) is 0 Å². The average Bonchev–Trinajstić information content (AvgIpc) is 2.77. The third-order valence-corrected chi connectivity index (χ3v) is 4.31. The molecule has 0 aliphatic carbocycles. The fourth-order valence-corrected chi connectivity index (χ4v) is 3.21. The summed E-state index contributed by atoms with van der Waals surface area (Å²) < 4.78 is 33.7. The van der Waals surface area contributed by atoms with Gasteiger partial charge in [-0.05, 0) is 32.4 Å². The summed E-state index contributed by atoms with van der Waals surface area (Å²) in [6, 6.07) is 3.61. The van der Waals surface area contributed by atoms with Crippen molar-refractivity contribution in [1.82, 2.24) is 0 Å². The number of rotatable bonds is 10. The van der Waals surface area contributed by atoms with Gasteiger partial charge in [-0.15, -0.1) is 0 Å². The molecule has 110 valence electrons. The van der Waals surface area contributed by atoms with Gasteiger partial charge in [-0.2, -0.15) is 0 Å². The Morgan fingerprint density at radius 1 is 1.11 bits per heavy atom. The zero-order valence-corrected chi connectivity index (χ0v) is 12.8. The van der Waals surface area contributed by atoms with Crippen LogP contribution in [0.1, 0.15) is 38.7 Å². The topological polar surface area (TPSA) is 57.9 Å². The lowest BCUT2D eigenvalue weighted by Gasteiger charge is -2.15. The van der Waals surface area contributed by atoms with E-state index >= 15 is 0 Å². The molecule has 0 saturated carbocycles. The standard InChI is InChI=1S/C13H23O5P/c1-4-9-15-10-12-7-8-13(18-12)11-19(14,16-5-2)17-6-3/h7-8H,4-6,9-11H2,1-3H3. The molecule has 0 unspecified atom stereocenters. The minimum atomic E-state index is -3.09. The molecule has 6 heteroatoms. The molecular formula is C13H23O5P. The molecule has 5 nitrogen and oxygen atoms in total. The maximum Gasteiger partial charge on any atom is 0.338 e. The Kier molecular flexibility index (Phi) is 7.39. The lowest BCUT2D eigenvalue weighted by atomic mass is 10.4. The van der Waals surface area contributed by atoms with Crippen LogP contribution in [0.25, 0.3) is 0 Å².